The van der Waals surface area contributed by atoms with Crippen LogP contribution in [0.2, 0.25) is 0 Å². The number of carboxylic acid groups (broad SMARTS) is 1. The van der Waals surface area contributed by atoms with E-state index in [1.54, 1.807) is 6.07 Å². The smallest absolute Gasteiger partial charge is 0.303 e. The molecule has 1 rings (SSSR count). The lowest BCUT2D eigenvalue weighted by Crippen LogP contribution is -2.27. The summed E-state index contributed by atoms with van der Waals surface area (Å²) in [5, 5.41) is 13.1. The Morgan fingerprint density at radius 3 is 2.88 bits per heavy atom. The van der Waals surface area contributed by atoms with E-state index in [4.69, 9.17) is 5.11 Å². The minimum absolute atomic E-state index is 0.0859. The molecule has 1 unspecified atom stereocenters. The number of carbonyl (C=O) groups excluding carboxylic acids is 1. The molecule has 0 bridgehead atoms. The second kappa shape index (κ2) is 6.27. The molecule has 1 aromatic rings. The van der Waals surface area contributed by atoms with Crippen LogP contribution in [0.4, 0.5) is 0 Å². The van der Waals surface area contributed by atoms with Gasteiger partial charge in [0.25, 0.3) is 5.91 Å². The van der Waals surface area contributed by atoms with E-state index in [9.17, 15) is 9.59 Å². The normalized spacial score (nSPS) is 12.1. The van der Waals surface area contributed by atoms with E-state index in [0.717, 1.165) is 0 Å². The lowest BCUT2D eigenvalue weighted by Gasteiger charge is -2.10. The summed E-state index contributed by atoms with van der Waals surface area (Å²) in [6, 6.07) is 3.59. The fourth-order valence-electron chi connectivity index (χ4n) is 1.23. The SMILES string of the molecule is CC(CCC(=O)O)CNC(=O)c1cccs1. The van der Waals surface area contributed by atoms with Crippen LogP contribution in [-0.4, -0.2) is 23.5 Å². The minimum atomic E-state index is -0.795. The highest BCUT2D eigenvalue weighted by Crippen LogP contribution is 2.09. The fraction of sp³-hybridized carbons (Fsp3) is 0.455. The van der Waals surface area contributed by atoms with Crippen LogP contribution in [0.15, 0.2) is 17.5 Å². The van der Waals surface area contributed by atoms with Crippen molar-refractivity contribution in [2.24, 2.45) is 5.92 Å². The Kier molecular flexibility index (Phi) is 4.98. The van der Waals surface area contributed by atoms with Gasteiger partial charge in [0, 0.05) is 13.0 Å². The van der Waals surface area contributed by atoms with Gasteiger partial charge < -0.3 is 10.4 Å². The van der Waals surface area contributed by atoms with Crippen molar-refractivity contribution in [2.45, 2.75) is 19.8 Å². The molecule has 1 aromatic heterocycles. The average Bonchev–Trinajstić information content (AvgIpc) is 2.76. The van der Waals surface area contributed by atoms with Gasteiger partial charge in [0.05, 0.1) is 4.88 Å². The maximum Gasteiger partial charge on any atom is 0.303 e. The molecule has 0 aliphatic rings. The molecule has 88 valence electrons. The quantitative estimate of drug-likeness (QED) is 0.800. The molecule has 0 aromatic carbocycles. The average molecular weight is 241 g/mol. The van der Waals surface area contributed by atoms with Gasteiger partial charge >= 0.3 is 5.97 Å². The summed E-state index contributed by atoms with van der Waals surface area (Å²) in [5.41, 5.74) is 0. The van der Waals surface area contributed by atoms with Crippen LogP contribution in [0.1, 0.15) is 29.4 Å². The van der Waals surface area contributed by atoms with Crippen molar-refractivity contribution < 1.29 is 14.7 Å². The first kappa shape index (κ1) is 12.7. The molecule has 0 saturated carbocycles. The van der Waals surface area contributed by atoms with E-state index in [2.05, 4.69) is 5.32 Å². The highest BCUT2D eigenvalue weighted by Gasteiger charge is 2.09. The van der Waals surface area contributed by atoms with E-state index in [1.165, 1.54) is 11.3 Å². The lowest BCUT2D eigenvalue weighted by molar-refractivity contribution is -0.137. The van der Waals surface area contributed by atoms with Gasteiger partial charge in [-0.15, -0.1) is 11.3 Å². The topological polar surface area (TPSA) is 66.4 Å². The number of hydrogen-bond donors (Lipinski definition) is 2. The number of hydrogen-bond acceptors (Lipinski definition) is 3. The molecule has 0 aliphatic carbocycles. The Hall–Kier alpha value is -1.36. The Morgan fingerprint density at radius 1 is 1.56 bits per heavy atom. The molecule has 1 amide bonds. The molecule has 1 atom stereocenters. The first-order valence-electron chi connectivity index (χ1n) is 5.13. The number of nitrogens with one attached hydrogen (secondary N) is 1. The number of thiophene rings is 1. The summed E-state index contributed by atoms with van der Waals surface area (Å²) < 4.78 is 0. The molecule has 0 radical (unpaired) electrons. The second-order valence-electron chi connectivity index (χ2n) is 3.72. The summed E-state index contributed by atoms with van der Waals surface area (Å²) >= 11 is 1.39. The molecule has 4 nitrogen and oxygen atoms in total. The summed E-state index contributed by atoms with van der Waals surface area (Å²) in [5.74, 6) is -0.700. The summed E-state index contributed by atoms with van der Waals surface area (Å²) in [6.07, 6.45) is 0.732. The van der Waals surface area contributed by atoms with Gasteiger partial charge in [0.1, 0.15) is 0 Å². The van der Waals surface area contributed by atoms with Gasteiger partial charge in [-0.1, -0.05) is 13.0 Å². The van der Waals surface area contributed by atoms with Crippen molar-refractivity contribution in [3.8, 4) is 0 Å². The third-order valence-corrected chi connectivity index (χ3v) is 3.08. The van der Waals surface area contributed by atoms with E-state index < -0.39 is 5.97 Å². The molecule has 0 fully saturated rings. The Morgan fingerprint density at radius 2 is 2.31 bits per heavy atom. The predicted octanol–water partition coefficient (Wildman–Crippen LogP) is 1.98. The second-order valence-corrected chi connectivity index (χ2v) is 4.67. The largest absolute Gasteiger partial charge is 0.481 e. The van der Waals surface area contributed by atoms with Crippen LogP contribution in [-0.2, 0) is 4.79 Å². The zero-order chi connectivity index (χ0) is 12.0. The third kappa shape index (κ3) is 4.44. The van der Waals surface area contributed by atoms with Gasteiger partial charge in [-0.3, -0.25) is 9.59 Å². The van der Waals surface area contributed by atoms with Crippen LogP contribution in [0.3, 0.4) is 0 Å². The Bertz CT molecular complexity index is 348. The summed E-state index contributed by atoms with van der Waals surface area (Å²) in [4.78, 5) is 22.6. The van der Waals surface area contributed by atoms with E-state index in [-0.39, 0.29) is 18.2 Å². The molecule has 2 N–H and O–H groups in total. The van der Waals surface area contributed by atoms with Crippen molar-refractivity contribution in [1.29, 1.82) is 0 Å². The van der Waals surface area contributed by atoms with Gasteiger partial charge in [0.15, 0.2) is 0 Å². The molecule has 0 aliphatic heterocycles. The first-order chi connectivity index (χ1) is 7.59. The van der Waals surface area contributed by atoms with E-state index in [1.807, 2.05) is 18.4 Å². The Balaban J connectivity index is 2.24. The van der Waals surface area contributed by atoms with Crippen LogP contribution in [0.25, 0.3) is 0 Å². The van der Waals surface area contributed by atoms with Crippen molar-refractivity contribution in [1.82, 2.24) is 5.32 Å². The number of carbonyl (C=O) groups is 2. The van der Waals surface area contributed by atoms with Gasteiger partial charge in [-0.2, -0.15) is 0 Å². The van der Waals surface area contributed by atoms with Crippen LogP contribution in [0.5, 0.6) is 0 Å². The first-order valence-corrected chi connectivity index (χ1v) is 6.01. The molecule has 0 saturated heterocycles. The van der Waals surface area contributed by atoms with Crippen LogP contribution in [0, 0.1) is 5.92 Å². The standard InChI is InChI=1S/C11H15NO3S/c1-8(4-5-10(13)14)7-12-11(15)9-3-2-6-16-9/h2-3,6,8H,4-5,7H2,1H3,(H,12,15)(H,13,14). The van der Waals surface area contributed by atoms with Crippen molar-refractivity contribution >= 4 is 23.2 Å². The molecular formula is C11H15NO3S. The van der Waals surface area contributed by atoms with E-state index >= 15 is 0 Å². The van der Waals surface area contributed by atoms with E-state index in [0.29, 0.717) is 17.8 Å². The summed E-state index contributed by atoms with van der Waals surface area (Å²) in [7, 11) is 0. The summed E-state index contributed by atoms with van der Waals surface area (Å²) in [6.45, 7) is 2.45. The predicted molar refractivity (Wildman–Crippen MR) is 62.7 cm³/mol. The fourth-order valence-corrected chi connectivity index (χ4v) is 1.87. The zero-order valence-corrected chi connectivity index (χ0v) is 9.92. The number of amides is 1. The number of rotatable bonds is 6. The molecule has 5 heteroatoms. The molecular weight excluding hydrogens is 226 g/mol. The van der Waals surface area contributed by atoms with Crippen LogP contribution < -0.4 is 5.32 Å². The number of carboxylic acids is 1. The Labute approximate surface area is 98.3 Å². The minimum Gasteiger partial charge on any atom is -0.481 e. The number of aliphatic carboxylic acids is 1. The molecule has 16 heavy (non-hydrogen) atoms. The lowest BCUT2D eigenvalue weighted by atomic mass is 10.1. The van der Waals surface area contributed by atoms with Crippen molar-refractivity contribution in [3.05, 3.63) is 22.4 Å². The van der Waals surface area contributed by atoms with Crippen LogP contribution >= 0.6 is 11.3 Å². The molecule has 0 spiro atoms. The van der Waals surface area contributed by atoms with Gasteiger partial charge in [0.2, 0.25) is 0 Å². The van der Waals surface area contributed by atoms with Gasteiger partial charge in [-0.25, -0.2) is 0 Å². The van der Waals surface area contributed by atoms with Gasteiger partial charge in [-0.05, 0) is 23.8 Å². The maximum atomic E-state index is 11.5. The third-order valence-electron chi connectivity index (χ3n) is 2.21. The van der Waals surface area contributed by atoms with Crippen molar-refractivity contribution in [3.63, 3.8) is 0 Å². The highest BCUT2D eigenvalue weighted by atomic mass is 32.1. The maximum absolute atomic E-state index is 11.5. The monoisotopic (exact) mass is 241 g/mol. The highest BCUT2D eigenvalue weighted by molar-refractivity contribution is 7.12. The zero-order valence-electron chi connectivity index (χ0n) is 9.10. The van der Waals surface area contributed by atoms with Crippen molar-refractivity contribution in [2.75, 3.05) is 6.54 Å². The molecule has 1 heterocycles.